The number of carboxylic acids is 1. The molecular weight excluding hydrogens is 404 g/mol. The summed E-state index contributed by atoms with van der Waals surface area (Å²) in [6.07, 6.45) is 0. The molecule has 0 aliphatic carbocycles. The fourth-order valence-electron chi connectivity index (χ4n) is 3.07. The van der Waals surface area contributed by atoms with Crippen molar-refractivity contribution in [3.8, 4) is 0 Å². The molecule has 0 bridgehead atoms. The van der Waals surface area contributed by atoms with E-state index in [-0.39, 0.29) is 5.82 Å². The van der Waals surface area contributed by atoms with E-state index in [1.165, 1.54) is 12.1 Å². The third-order valence-electron chi connectivity index (χ3n) is 4.30. The Morgan fingerprint density at radius 1 is 1.29 bits per heavy atom. The standard InChI is InChI=1S/C12H15FN2O2.C8H9Cl2N/c1-8-6-9(13)2-3-10(8)15-5-4-14-7-11(15)12(16)17;1-11-5-6-2-7(9)4-8(10)3-6/h2-3,6,11,14H,4-5,7H2,1H3,(H,16,17);2-4,11H,5H2,1H3. The molecule has 0 radical (unpaired) electrons. The van der Waals surface area contributed by atoms with Gasteiger partial charge in [-0.15, -0.1) is 0 Å². The monoisotopic (exact) mass is 427 g/mol. The second-order valence-electron chi connectivity index (χ2n) is 6.49. The minimum absolute atomic E-state index is 0.298. The van der Waals surface area contributed by atoms with Crippen LogP contribution in [-0.4, -0.2) is 43.8 Å². The van der Waals surface area contributed by atoms with Crippen LogP contribution in [0.1, 0.15) is 11.1 Å². The van der Waals surface area contributed by atoms with Crippen molar-refractivity contribution >= 4 is 34.9 Å². The van der Waals surface area contributed by atoms with Crippen molar-refractivity contribution in [3.05, 3.63) is 63.4 Å². The lowest BCUT2D eigenvalue weighted by atomic mass is 10.1. The van der Waals surface area contributed by atoms with E-state index in [2.05, 4.69) is 10.6 Å². The maximum atomic E-state index is 13.0. The number of hydrogen-bond acceptors (Lipinski definition) is 4. The van der Waals surface area contributed by atoms with Gasteiger partial charge in [-0.25, -0.2) is 9.18 Å². The lowest BCUT2D eigenvalue weighted by Gasteiger charge is -2.36. The van der Waals surface area contributed by atoms with Crippen molar-refractivity contribution in [2.45, 2.75) is 19.5 Å². The van der Waals surface area contributed by atoms with Crippen molar-refractivity contribution in [1.29, 1.82) is 0 Å². The summed E-state index contributed by atoms with van der Waals surface area (Å²) in [4.78, 5) is 13.0. The number of nitrogens with zero attached hydrogens (tertiary/aromatic N) is 1. The van der Waals surface area contributed by atoms with Gasteiger partial charge in [0.2, 0.25) is 0 Å². The molecule has 0 spiro atoms. The molecule has 1 aliphatic heterocycles. The number of carboxylic acid groups (broad SMARTS) is 1. The molecule has 28 heavy (non-hydrogen) atoms. The molecule has 152 valence electrons. The summed E-state index contributed by atoms with van der Waals surface area (Å²) in [5.41, 5.74) is 2.66. The maximum absolute atomic E-state index is 13.0. The van der Waals surface area contributed by atoms with Crippen LogP contribution in [0.2, 0.25) is 10.0 Å². The van der Waals surface area contributed by atoms with Gasteiger partial charge >= 0.3 is 5.97 Å². The Balaban J connectivity index is 0.000000221. The van der Waals surface area contributed by atoms with E-state index < -0.39 is 12.0 Å². The van der Waals surface area contributed by atoms with E-state index in [9.17, 15) is 9.18 Å². The molecule has 2 aromatic rings. The first-order valence-corrected chi connectivity index (χ1v) is 9.63. The quantitative estimate of drug-likeness (QED) is 0.693. The molecule has 1 saturated heterocycles. The van der Waals surface area contributed by atoms with E-state index in [0.717, 1.165) is 29.9 Å². The largest absolute Gasteiger partial charge is 0.480 e. The van der Waals surface area contributed by atoms with Gasteiger partial charge in [0.1, 0.15) is 11.9 Å². The van der Waals surface area contributed by atoms with E-state index in [1.54, 1.807) is 19.1 Å². The van der Waals surface area contributed by atoms with Crippen LogP contribution in [0, 0.1) is 12.7 Å². The van der Waals surface area contributed by atoms with Gasteiger partial charge in [-0.3, -0.25) is 0 Å². The number of carbonyl (C=O) groups is 1. The Labute approximate surface area is 174 Å². The Bertz CT molecular complexity index is 800. The Morgan fingerprint density at radius 3 is 2.54 bits per heavy atom. The maximum Gasteiger partial charge on any atom is 0.327 e. The van der Waals surface area contributed by atoms with Crippen molar-refractivity contribution < 1.29 is 14.3 Å². The molecule has 3 rings (SSSR count). The molecule has 1 unspecified atom stereocenters. The predicted molar refractivity (Wildman–Crippen MR) is 112 cm³/mol. The lowest BCUT2D eigenvalue weighted by Crippen LogP contribution is -2.55. The zero-order valence-electron chi connectivity index (χ0n) is 15.8. The molecule has 5 nitrogen and oxygen atoms in total. The van der Waals surface area contributed by atoms with Crippen LogP contribution in [0.15, 0.2) is 36.4 Å². The van der Waals surface area contributed by atoms with Gasteiger partial charge < -0.3 is 20.6 Å². The average molecular weight is 428 g/mol. The number of hydrogen-bond donors (Lipinski definition) is 3. The zero-order chi connectivity index (χ0) is 20.7. The SMILES string of the molecule is CNCc1cc(Cl)cc(Cl)c1.Cc1cc(F)ccc1N1CCNCC1C(=O)O. The highest BCUT2D eigenvalue weighted by molar-refractivity contribution is 6.34. The summed E-state index contributed by atoms with van der Waals surface area (Å²) in [5, 5.41) is 16.6. The summed E-state index contributed by atoms with van der Waals surface area (Å²) >= 11 is 11.5. The van der Waals surface area contributed by atoms with Gasteiger partial charge in [0.25, 0.3) is 0 Å². The van der Waals surface area contributed by atoms with Crippen molar-refractivity contribution in [3.63, 3.8) is 0 Å². The summed E-state index contributed by atoms with van der Waals surface area (Å²) in [6.45, 7) is 4.34. The fraction of sp³-hybridized carbons (Fsp3) is 0.350. The molecule has 8 heteroatoms. The van der Waals surface area contributed by atoms with Crippen molar-refractivity contribution in [2.75, 3.05) is 31.6 Å². The number of aliphatic carboxylic acids is 1. The van der Waals surface area contributed by atoms with E-state index in [4.69, 9.17) is 28.3 Å². The smallest absolute Gasteiger partial charge is 0.327 e. The topological polar surface area (TPSA) is 64.6 Å². The number of halogens is 3. The lowest BCUT2D eigenvalue weighted by molar-refractivity contribution is -0.138. The van der Waals surface area contributed by atoms with Crippen LogP contribution < -0.4 is 15.5 Å². The molecule has 1 fully saturated rings. The summed E-state index contributed by atoms with van der Waals surface area (Å²) < 4.78 is 13.0. The van der Waals surface area contributed by atoms with Crippen LogP contribution in [0.3, 0.4) is 0 Å². The molecular formula is C20H24Cl2FN3O2. The third-order valence-corrected chi connectivity index (χ3v) is 4.74. The van der Waals surface area contributed by atoms with E-state index in [0.29, 0.717) is 23.1 Å². The summed E-state index contributed by atoms with van der Waals surface area (Å²) in [7, 11) is 1.88. The van der Waals surface area contributed by atoms with Gasteiger partial charge in [0.05, 0.1) is 0 Å². The Morgan fingerprint density at radius 2 is 1.96 bits per heavy atom. The second kappa shape index (κ2) is 10.6. The van der Waals surface area contributed by atoms with Gasteiger partial charge in [-0.2, -0.15) is 0 Å². The first-order valence-electron chi connectivity index (χ1n) is 8.87. The average Bonchev–Trinajstić information content (AvgIpc) is 2.62. The van der Waals surface area contributed by atoms with Gasteiger partial charge in [0, 0.05) is 41.9 Å². The predicted octanol–water partition coefficient (Wildman–Crippen LogP) is 3.71. The molecule has 3 N–H and O–H groups in total. The Kier molecular flexibility index (Phi) is 8.51. The number of benzene rings is 2. The molecule has 1 aliphatic rings. The minimum Gasteiger partial charge on any atom is -0.480 e. The summed E-state index contributed by atoms with van der Waals surface area (Å²) in [5.74, 6) is -1.16. The minimum atomic E-state index is -0.860. The number of anilines is 1. The van der Waals surface area contributed by atoms with Crippen LogP contribution in [0.4, 0.5) is 10.1 Å². The summed E-state index contributed by atoms with van der Waals surface area (Å²) in [6, 6.07) is 9.36. The number of rotatable bonds is 4. The molecule has 1 heterocycles. The molecule has 0 amide bonds. The fourth-order valence-corrected chi connectivity index (χ4v) is 3.64. The first-order chi connectivity index (χ1) is 13.3. The van der Waals surface area contributed by atoms with Gasteiger partial charge in [0.15, 0.2) is 0 Å². The first kappa shape index (κ1) is 22.4. The van der Waals surface area contributed by atoms with Crippen molar-refractivity contribution in [1.82, 2.24) is 10.6 Å². The molecule has 2 aromatic carbocycles. The van der Waals surface area contributed by atoms with Gasteiger partial charge in [-0.05, 0) is 61.5 Å². The molecule has 0 aromatic heterocycles. The van der Waals surface area contributed by atoms with E-state index in [1.807, 2.05) is 24.1 Å². The normalized spacial score (nSPS) is 16.3. The highest BCUT2D eigenvalue weighted by Crippen LogP contribution is 2.24. The van der Waals surface area contributed by atoms with Gasteiger partial charge in [-0.1, -0.05) is 23.2 Å². The number of piperazine rings is 1. The Hall–Kier alpha value is -1.86. The van der Waals surface area contributed by atoms with Crippen molar-refractivity contribution in [2.24, 2.45) is 0 Å². The number of aryl methyl sites for hydroxylation is 1. The molecule has 1 atom stereocenters. The highest BCUT2D eigenvalue weighted by Gasteiger charge is 2.29. The number of nitrogens with one attached hydrogen (secondary N) is 2. The zero-order valence-corrected chi connectivity index (χ0v) is 17.3. The third kappa shape index (κ3) is 6.34. The van der Waals surface area contributed by atoms with Crippen LogP contribution in [0.5, 0.6) is 0 Å². The van der Waals surface area contributed by atoms with Crippen LogP contribution in [-0.2, 0) is 11.3 Å². The molecule has 0 saturated carbocycles. The second-order valence-corrected chi connectivity index (χ2v) is 7.36. The van der Waals surface area contributed by atoms with Crippen LogP contribution >= 0.6 is 23.2 Å². The highest BCUT2D eigenvalue weighted by atomic mass is 35.5. The van der Waals surface area contributed by atoms with Crippen LogP contribution in [0.25, 0.3) is 0 Å². The van der Waals surface area contributed by atoms with E-state index >= 15 is 0 Å².